The molecule has 2 aromatic rings. The Morgan fingerprint density at radius 2 is 1.78 bits per heavy atom. The van der Waals surface area contributed by atoms with Gasteiger partial charge in [0.1, 0.15) is 0 Å². The van der Waals surface area contributed by atoms with Gasteiger partial charge in [-0.05, 0) is 61.9 Å². The zero-order valence-corrected chi connectivity index (χ0v) is 19.0. The summed E-state index contributed by atoms with van der Waals surface area (Å²) in [6.45, 7) is 7.39. The number of halogens is 3. The van der Waals surface area contributed by atoms with Gasteiger partial charge < -0.3 is 10.2 Å². The lowest BCUT2D eigenvalue weighted by Gasteiger charge is -2.42. The van der Waals surface area contributed by atoms with E-state index in [2.05, 4.69) is 15.2 Å². The lowest BCUT2D eigenvalue weighted by Crippen LogP contribution is -2.42. The molecule has 1 saturated heterocycles. The molecule has 0 bridgehead atoms. The molecule has 0 radical (unpaired) electrons. The molecular formula is C25H32F3N3O. The number of fused-ring (bicyclic) bond motifs is 1. The number of carbonyl (C=O) groups excluding carboxylic acids is 1. The van der Waals surface area contributed by atoms with Crippen LogP contribution in [0.1, 0.15) is 67.6 Å². The van der Waals surface area contributed by atoms with Gasteiger partial charge in [-0.1, -0.05) is 33.1 Å². The van der Waals surface area contributed by atoms with E-state index in [0.29, 0.717) is 28.8 Å². The van der Waals surface area contributed by atoms with E-state index in [1.165, 1.54) is 37.9 Å². The van der Waals surface area contributed by atoms with E-state index in [0.717, 1.165) is 31.6 Å². The van der Waals surface area contributed by atoms with Gasteiger partial charge in [0.2, 0.25) is 0 Å². The van der Waals surface area contributed by atoms with E-state index in [1.54, 1.807) is 19.1 Å². The number of amides is 1. The molecule has 32 heavy (non-hydrogen) atoms. The Morgan fingerprint density at radius 3 is 2.47 bits per heavy atom. The van der Waals surface area contributed by atoms with Gasteiger partial charge in [0.15, 0.2) is 0 Å². The van der Waals surface area contributed by atoms with Crippen molar-refractivity contribution in [2.24, 2.45) is 11.8 Å². The van der Waals surface area contributed by atoms with Crippen LogP contribution < -0.4 is 10.2 Å². The summed E-state index contributed by atoms with van der Waals surface area (Å²) in [6.07, 6.45) is 2.99. The Balaban J connectivity index is 0.00000141. The molecular weight excluding hydrogens is 415 g/mol. The number of rotatable bonds is 3. The third-order valence-corrected chi connectivity index (χ3v) is 6.36. The number of carbonyl (C=O) groups is 1. The van der Waals surface area contributed by atoms with Gasteiger partial charge in [-0.3, -0.25) is 9.78 Å². The maximum Gasteiger partial charge on any atom is 0.416 e. The van der Waals surface area contributed by atoms with Gasteiger partial charge in [-0.25, -0.2) is 0 Å². The number of nitrogens with one attached hydrogen (secondary N) is 1. The Hall–Kier alpha value is -2.57. The second-order valence-corrected chi connectivity index (χ2v) is 8.41. The molecule has 1 amide bonds. The Bertz CT molecular complexity index is 929. The maximum absolute atomic E-state index is 13.3. The third-order valence-electron chi connectivity index (χ3n) is 6.36. The highest BCUT2D eigenvalue weighted by atomic mass is 19.4. The predicted octanol–water partition coefficient (Wildman–Crippen LogP) is 6.70. The summed E-state index contributed by atoms with van der Waals surface area (Å²) >= 11 is 0. The number of aryl methyl sites for hydroxylation is 1. The highest BCUT2D eigenvalue weighted by Crippen LogP contribution is 2.41. The monoisotopic (exact) mass is 447 g/mol. The fourth-order valence-corrected chi connectivity index (χ4v) is 4.79. The zero-order valence-electron chi connectivity index (χ0n) is 19.0. The molecule has 1 aliphatic carbocycles. The summed E-state index contributed by atoms with van der Waals surface area (Å²) in [5.74, 6) is 0.845. The van der Waals surface area contributed by atoms with Crippen LogP contribution in [0.2, 0.25) is 0 Å². The molecule has 1 N–H and O–H groups in total. The van der Waals surface area contributed by atoms with E-state index in [-0.39, 0.29) is 5.69 Å². The van der Waals surface area contributed by atoms with Gasteiger partial charge in [0, 0.05) is 30.5 Å². The molecule has 4 nitrogen and oxygen atoms in total. The SMILES string of the molecule is CC.Cc1cc(C(=O)Nc2cc(C(F)(F)F)ccc2N2CCC3CCCCC3C2)ccn1. The lowest BCUT2D eigenvalue weighted by molar-refractivity contribution is -0.137. The van der Waals surface area contributed by atoms with Crippen LogP contribution >= 0.6 is 0 Å². The van der Waals surface area contributed by atoms with Gasteiger partial charge in [0.25, 0.3) is 5.91 Å². The molecule has 2 fully saturated rings. The molecule has 1 saturated carbocycles. The van der Waals surface area contributed by atoms with Crippen molar-refractivity contribution in [2.45, 2.75) is 59.1 Å². The lowest BCUT2D eigenvalue weighted by atomic mass is 9.75. The molecule has 2 unspecified atom stereocenters. The average molecular weight is 448 g/mol. The van der Waals surface area contributed by atoms with Crippen molar-refractivity contribution < 1.29 is 18.0 Å². The topological polar surface area (TPSA) is 45.2 Å². The number of benzene rings is 1. The summed E-state index contributed by atoms with van der Waals surface area (Å²) in [4.78, 5) is 19.0. The molecule has 174 valence electrons. The highest BCUT2D eigenvalue weighted by molar-refractivity contribution is 6.06. The van der Waals surface area contributed by atoms with E-state index < -0.39 is 17.6 Å². The third kappa shape index (κ3) is 5.61. The second kappa shape index (κ2) is 10.4. The number of anilines is 2. The zero-order chi connectivity index (χ0) is 23.3. The normalized spacial score (nSPS) is 20.6. The number of pyridine rings is 1. The van der Waals surface area contributed by atoms with Gasteiger partial charge in [0.05, 0.1) is 16.9 Å². The minimum atomic E-state index is -4.47. The Morgan fingerprint density at radius 1 is 1.06 bits per heavy atom. The van der Waals surface area contributed by atoms with Crippen molar-refractivity contribution in [2.75, 3.05) is 23.3 Å². The van der Waals surface area contributed by atoms with Gasteiger partial charge >= 0.3 is 6.18 Å². The van der Waals surface area contributed by atoms with E-state index in [1.807, 2.05) is 13.8 Å². The molecule has 7 heteroatoms. The Labute approximate surface area is 188 Å². The van der Waals surface area contributed by atoms with Crippen LogP contribution in [0.15, 0.2) is 36.5 Å². The van der Waals surface area contributed by atoms with Crippen molar-refractivity contribution in [3.8, 4) is 0 Å². The predicted molar refractivity (Wildman–Crippen MR) is 122 cm³/mol. The van der Waals surface area contributed by atoms with Crippen LogP contribution in [-0.2, 0) is 6.18 Å². The van der Waals surface area contributed by atoms with E-state index >= 15 is 0 Å². The largest absolute Gasteiger partial charge is 0.416 e. The molecule has 1 aromatic carbocycles. The van der Waals surface area contributed by atoms with Crippen LogP contribution in [0.4, 0.5) is 24.5 Å². The summed E-state index contributed by atoms with van der Waals surface area (Å²) in [5.41, 5.74) is 1.15. The van der Waals surface area contributed by atoms with Crippen molar-refractivity contribution in [1.29, 1.82) is 0 Å². The molecule has 0 spiro atoms. The first-order valence-corrected chi connectivity index (χ1v) is 11.5. The first-order chi connectivity index (χ1) is 15.3. The quantitative estimate of drug-likeness (QED) is 0.569. The number of hydrogen-bond donors (Lipinski definition) is 1. The number of nitrogens with zero attached hydrogens (tertiary/aromatic N) is 2. The molecule has 2 aliphatic rings. The van der Waals surface area contributed by atoms with Crippen molar-refractivity contribution >= 4 is 17.3 Å². The van der Waals surface area contributed by atoms with Crippen LogP contribution in [0.3, 0.4) is 0 Å². The molecule has 2 atom stereocenters. The average Bonchev–Trinajstić information content (AvgIpc) is 2.79. The van der Waals surface area contributed by atoms with E-state index in [4.69, 9.17) is 0 Å². The van der Waals surface area contributed by atoms with Crippen LogP contribution in [-0.4, -0.2) is 24.0 Å². The van der Waals surface area contributed by atoms with Crippen molar-refractivity contribution in [3.63, 3.8) is 0 Å². The second-order valence-electron chi connectivity index (χ2n) is 8.41. The standard InChI is InChI=1S/C23H26F3N3O.C2H6/c1-15-12-17(8-10-27-15)22(30)28-20-13-19(23(24,25)26)6-7-21(20)29-11-9-16-4-2-3-5-18(16)14-29;1-2/h6-8,10,12-13,16,18H,2-5,9,11,14H2,1H3,(H,28,30);1-2H3. The van der Waals surface area contributed by atoms with Gasteiger partial charge in [-0.2, -0.15) is 13.2 Å². The summed E-state index contributed by atoms with van der Waals surface area (Å²) in [6, 6.07) is 6.83. The van der Waals surface area contributed by atoms with Crippen LogP contribution in [0.25, 0.3) is 0 Å². The molecule has 4 rings (SSSR count). The first kappa shape index (κ1) is 24.1. The summed E-state index contributed by atoms with van der Waals surface area (Å²) in [5, 5.41) is 2.73. The maximum atomic E-state index is 13.3. The van der Waals surface area contributed by atoms with Crippen LogP contribution in [0.5, 0.6) is 0 Å². The van der Waals surface area contributed by atoms with Crippen molar-refractivity contribution in [1.82, 2.24) is 4.98 Å². The molecule has 1 aliphatic heterocycles. The van der Waals surface area contributed by atoms with Crippen molar-refractivity contribution in [3.05, 3.63) is 53.3 Å². The first-order valence-electron chi connectivity index (χ1n) is 11.5. The minimum Gasteiger partial charge on any atom is -0.370 e. The summed E-state index contributed by atoms with van der Waals surface area (Å²) < 4.78 is 40.0. The number of hydrogen-bond acceptors (Lipinski definition) is 3. The van der Waals surface area contributed by atoms with Crippen LogP contribution in [0, 0.1) is 18.8 Å². The Kier molecular flexibility index (Phi) is 7.80. The molecule has 1 aromatic heterocycles. The fraction of sp³-hybridized carbons (Fsp3) is 0.520. The van der Waals surface area contributed by atoms with E-state index in [9.17, 15) is 18.0 Å². The minimum absolute atomic E-state index is 0.207. The number of aromatic nitrogens is 1. The van der Waals surface area contributed by atoms with Gasteiger partial charge in [-0.15, -0.1) is 0 Å². The smallest absolute Gasteiger partial charge is 0.370 e. The number of piperidine rings is 1. The molecule has 2 heterocycles. The number of alkyl halides is 3. The fourth-order valence-electron chi connectivity index (χ4n) is 4.79. The summed E-state index contributed by atoms with van der Waals surface area (Å²) in [7, 11) is 0. The highest BCUT2D eigenvalue weighted by Gasteiger charge is 2.34.